The van der Waals surface area contributed by atoms with Crippen LogP contribution in [0, 0.1) is 0 Å². The summed E-state index contributed by atoms with van der Waals surface area (Å²) >= 11 is 0. The van der Waals surface area contributed by atoms with Crippen molar-refractivity contribution in [3.8, 4) is 0 Å². The molecule has 0 bridgehead atoms. The van der Waals surface area contributed by atoms with Gasteiger partial charge in [0.2, 0.25) is 5.91 Å². The Balaban J connectivity index is 1.95. The Morgan fingerprint density at radius 1 is 1.23 bits per heavy atom. The maximum atomic E-state index is 12.4. The number of carbonyl (C=O) groups is 1. The Labute approximate surface area is 133 Å². The van der Waals surface area contributed by atoms with Crippen LogP contribution in [0.1, 0.15) is 26.2 Å². The van der Waals surface area contributed by atoms with Crippen molar-refractivity contribution in [2.45, 2.75) is 31.7 Å². The number of rotatable bonds is 6. The standard InChI is InChI=1S/C16H30N2O4/c1-3-18-8-4-7-17(15(19)13-22-12-11-20-2)14-16(18)5-9-21-10-6-16/h3-14H2,1-2H3. The predicted molar refractivity (Wildman–Crippen MR) is 83.9 cm³/mol. The maximum Gasteiger partial charge on any atom is 0.248 e. The van der Waals surface area contributed by atoms with E-state index in [0.717, 1.165) is 58.7 Å². The largest absolute Gasteiger partial charge is 0.382 e. The van der Waals surface area contributed by atoms with Crippen LogP contribution in [-0.2, 0) is 19.0 Å². The van der Waals surface area contributed by atoms with E-state index in [1.807, 2.05) is 4.90 Å². The molecule has 1 spiro atoms. The van der Waals surface area contributed by atoms with E-state index in [0.29, 0.717) is 13.2 Å². The molecule has 0 atom stereocenters. The molecule has 2 aliphatic heterocycles. The Morgan fingerprint density at radius 2 is 2.00 bits per heavy atom. The van der Waals surface area contributed by atoms with Gasteiger partial charge in [-0.1, -0.05) is 6.92 Å². The molecule has 2 fully saturated rings. The fourth-order valence-electron chi connectivity index (χ4n) is 3.55. The summed E-state index contributed by atoms with van der Waals surface area (Å²) in [5, 5.41) is 0. The van der Waals surface area contributed by atoms with Gasteiger partial charge in [0, 0.05) is 45.5 Å². The minimum Gasteiger partial charge on any atom is -0.382 e. The number of likely N-dealkylation sites (N-methyl/N-ethyl adjacent to an activating group) is 1. The molecule has 6 heteroatoms. The lowest BCUT2D eigenvalue weighted by Crippen LogP contribution is -2.57. The highest BCUT2D eigenvalue weighted by atomic mass is 16.5. The molecule has 0 aromatic rings. The van der Waals surface area contributed by atoms with Crippen molar-refractivity contribution in [2.75, 3.05) is 66.3 Å². The van der Waals surface area contributed by atoms with Gasteiger partial charge in [0.15, 0.2) is 0 Å². The van der Waals surface area contributed by atoms with E-state index in [9.17, 15) is 4.79 Å². The van der Waals surface area contributed by atoms with Gasteiger partial charge in [-0.15, -0.1) is 0 Å². The van der Waals surface area contributed by atoms with E-state index in [2.05, 4.69) is 11.8 Å². The molecule has 0 aliphatic carbocycles. The monoisotopic (exact) mass is 314 g/mol. The van der Waals surface area contributed by atoms with Crippen molar-refractivity contribution in [3.05, 3.63) is 0 Å². The summed E-state index contributed by atoms with van der Waals surface area (Å²) in [6.45, 7) is 8.67. The Hall–Kier alpha value is -0.690. The first-order valence-electron chi connectivity index (χ1n) is 8.39. The smallest absolute Gasteiger partial charge is 0.248 e. The van der Waals surface area contributed by atoms with Crippen molar-refractivity contribution in [1.29, 1.82) is 0 Å². The molecule has 128 valence electrons. The number of carbonyl (C=O) groups excluding carboxylic acids is 1. The van der Waals surface area contributed by atoms with Crippen LogP contribution < -0.4 is 0 Å². The number of nitrogens with zero attached hydrogens (tertiary/aromatic N) is 2. The summed E-state index contributed by atoms with van der Waals surface area (Å²) in [6, 6.07) is 0. The zero-order valence-electron chi connectivity index (χ0n) is 14.0. The molecule has 0 unspecified atom stereocenters. The zero-order valence-corrected chi connectivity index (χ0v) is 14.0. The quantitative estimate of drug-likeness (QED) is 0.677. The van der Waals surface area contributed by atoms with Crippen LogP contribution in [0.4, 0.5) is 0 Å². The van der Waals surface area contributed by atoms with Crippen molar-refractivity contribution in [2.24, 2.45) is 0 Å². The number of hydrogen-bond acceptors (Lipinski definition) is 5. The van der Waals surface area contributed by atoms with Gasteiger partial charge in [0.25, 0.3) is 0 Å². The summed E-state index contributed by atoms with van der Waals surface area (Å²) in [5.74, 6) is 0.0972. The number of ether oxygens (including phenoxy) is 3. The lowest BCUT2D eigenvalue weighted by molar-refractivity contribution is -0.139. The SMILES string of the molecule is CCN1CCCN(C(=O)COCCOC)CC12CCOCC2. The second-order valence-corrected chi connectivity index (χ2v) is 6.13. The van der Waals surface area contributed by atoms with Gasteiger partial charge in [-0.05, 0) is 25.8 Å². The summed E-state index contributed by atoms with van der Waals surface area (Å²) in [7, 11) is 1.63. The van der Waals surface area contributed by atoms with Crippen LogP contribution >= 0.6 is 0 Å². The number of amides is 1. The Morgan fingerprint density at radius 3 is 2.68 bits per heavy atom. The lowest BCUT2D eigenvalue weighted by Gasteiger charge is -2.46. The fourth-order valence-corrected chi connectivity index (χ4v) is 3.55. The van der Waals surface area contributed by atoms with E-state index < -0.39 is 0 Å². The minimum absolute atomic E-state index is 0.0890. The molecule has 0 aromatic heterocycles. The third kappa shape index (κ3) is 4.41. The van der Waals surface area contributed by atoms with Crippen LogP contribution in [0.5, 0.6) is 0 Å². The first kappa shape index (κ1) is 17.7. The summed E-state index contributed by atoms with van der Waals surface area (Å²) in [4.78, 5) is 17.0. The van der Waals surface area contributed by atoms with Crippen LogP contribution in [0.3, 0.4) is 0 Å². The molecule has 2 saturated heterocycles. The molecule has 2 heterocycles. The van der Waals surface area contributed by atoms with Gasteiger partial charge in [0.1, 0.15) is 6.61 Å². The third-order valence-corrected chi connectivity index (χ3v) is 4.83. The molecule has 6 nitrogen and oxygen atoms in total. The predicted octanol–water partition coefficient (Wildman–Crippen LogP) is 0.753. The second kappa shape index (κ2) is 8.82. The first-order chi connectivity index (χ1) is 10.7. The van der Waals surface area contributed by atoms with Crippen molar-refractivity contribution < 1.29 is 19.0 Å². The molecule has 1 amide bonds. The van der Waals surface area contributed by atoms with Crippen LogP contribution in [0.25, 0.3) is 0 Å². The van der Waals surface area contributed by atoms with Gasteiger partial charge in [-0.25, -0.2) is 0 Å². The average molecular weight is 314 g/mol. The van der Waals surface area contributed by atoms with E-state index in [4.69, 9.17) is 14.2 Å². The molecular weight excluding hydrogens is 284 g/mol. The Kier molecular flexibility index (Phi) is 7.08. The molecular formula is C16H30N2O4. The van der Waals surface area contributed by atoms with E-state index in [-0.39, 0.29) is 18.1 Å². The molecule has 0 radical (unpaired) electrons. The fraction of sp³-hybridized carbons (Fsp3) is 0.938. The lowest BCUT2D eigenvalue weighted by atomic mass is 9.87. The second-order valence-electron chi connectivity index (χ2n) is 6.13. The normalized spacial score (nSPS) is 22.7. The number of hydrogen-bond donors (Lipinski definition) is 0. The first-order valence-corrected chi connectivity index (χ1v) is 8.39. The van der Waals surface area contributed by atoms with Crippen molar-refractivity contribution in [1.82, 2.24) is 9.80 Å². The third-order valence-electron chi connectivity index (χ3n) is 4.83. The molecule has 0 saturated carbocycles. The van der Waals surface area contributed by atoms with Gasteiger partial charge < -0.3 is 19.1 Å². The van der Waals surface area contributed by atoms with Gasteiger partial charge in [0.05, 0.1) is 13.2 Å². The molecule has 2 aliphatic rings. The van der Waals surface area contributed by atoms with Gasteiger partial charge in [-0.3, -0.25) is 9.69 Å². The number of methoxy groups -OCH3 is 1. The summed E-state index contributed by atoms with van der Waals surface area (Å²) in [6.07, 6.45) is 3.05. The zero-order chi connectivity index (χ0) is 15.8. The van der Waals surface area contributed by atoms with Crippen LogP contribution in [0.2, 0.25) is 0 Å². The molecule has 0 aromatic carbocycles. The van der Waals surface area contributed by atoms with Crippen LogP contribution in [-0.4, -0.2) is 87.6 Å². The highest BCUT2D eigenvalue weighted by Crippen LogP contribution is 2.31. The molecule has 2 rings (SSSR count). The minimum atomic E-state index is 0.0890. The van der Waals surface area contributed by atoms with E-state index >= 15 is 0 Å². The summed E-state index contributed by atoms with van der Waals surface area (Å²) in [5.41, 5.74) is 0.0890. The van der Waals surface area contributed by atoms with Crippen LogP contribution in [0.15, 0.2) is 0 Å². The van der Waals surface area contributed by atoms with Gasteiger partial charge in [-0.2, -0.15) is 0 Å². The summed E-state index contributed by atoms with van der Waals surface area (Å²) < 4.78 is 15.9. The molecule has 0 N–H and O–H groups in total. The van der Waals surface area contributed by atoms with Gasteiger partial charge >= 0.3 is 0 Å². The molecule has 22 heavy (non-hydrogen) atoms. The maximum absolute atomic E-state index is 12.4. The highest BCUT2D eigenvalue weighted by Gasteiger charge is 2.41. The van der Waals surface area contributed by atoms with Crippen molar-refractivity contribution in [3.63, 3.8) is 0 Å². The average Bonchev–Trinajstić information content (AvgIpc) is 2.71. The van der Waals surface area contributed by atoms with E-state index in [1.54, 1.807) is 7.11 Å². The van der Waals surface area contributed by atoms with Crippen molar-refractivity contribution >= 4 is 5.91 Å². The highest BCUT2D eigenvalue weighted by molar-refractivity contribution is 5.77. The van der Waals surface area contributed by atoms with E-state index in [1.165, 1.54) is 0 Å². The Bertz CT molecular complexity index is 345. The topological polar surface area (TPSA) is 51.2 Å².